The van der Waals surface area contributed by atoms with E-state index >= 15 is 0 Å². The van der Waals surface area contributed by atoms with Gasteiger partial charge in [0.25, 0.3) is 0 Å². The van der Waals surface area contributed by atoms with E-state index in [0.29, 0.717) is 0 Å². The Morgan fingerprint density at radius 1 is 0.300 bits per heavy atom. The van der Waals surface area contributed by atoms with Crippen LogP contribution in [0.2, 0.25) is 0 Å². The molecule has 1 fully saturated rings. The van der Waals surface area contributed by atoms with E-state index < -0.39 is 0 Å². The molecule has 0 bridgehead atoms. The van der Waals surface area contributed by atoms with Crippen molar-refractivity contribution in [2.24, 2.45) is 0 Å². The van der Waals surface area contributed by atoms with Gasteiger partial charge in [0, 0.05) is 50.5 Å². The second-order valence-corrected chi connectivity index (χ2v) is 16.9. The molecule has 4 heterocycles. The number of hydrogen-bond acceptors (Lipinski definition) is 3. The summed E-state index contributed by atoms with van der Waals surface area (Å²) in [6.07, 6.45) is 10.7. The highest BCUT2D eigenvalue weighted by Gasteiger charge is 2.20. The summed E-state index contributed by atoms with van der Waals surface area (Å²) in [7, 11) is 0. The molecule has 1 aliphatic rings. The summed E-state index contributed by atoms with van der Waals surface area (Å²) in [4.78, 5) is 8.27. The molecule has 0 aliphatic carbocycles. The molecule has 60 heavy (non-hydrogen) atoms. The molecule has 6 nitrogen and oxygen atoms in total. The van der Waals surface area contributed by atoms with Crippen LogP contribution in [0.3, 0.4) is 0 Å². The van der Waals surface area contributed by atoms with Crippen LogP contribution in [0.5, 0.6) is 0 Å². The van der Waals surface area contributed by atoms with Gasteiger partial charge in [0.05, 0.1) is 35.8 Å². The minimum absolute atomic E-state index is 0.982. The molecule has 1 saturated heterocycles. The lowest BCUT2D eigenvalue weighted by Gasteiger charge is -2.29. The van der Waals surface area contributed by atoms with Crippen LogP contribution in [-0.4, -0.2) is 73.6 Å². The van der Waals surface area contributed by atoms with Crippen molar-refractivity contribution >= 4 is 65.0 Å². The van der Waals surface area contributed by atoms with Crippen LogP contribution in [0.4, 0.5) is 0 Å². The summed E-state index contributed by atoms with van der Waals surface area (Å²) in [6, 6.07) is 53.3. The van der Waals surface area contributed by atoms with Crippen molar-refractivity contribution in [2.45, 2.75) is 38.9 Å². The summed E-state index contributed by atoms with van der Waals surface area (Å²) < 4.78 is 7.51. The number of aromatic nitrogens is 3. The number of nitrogens with zero attached hydrogens (tertiary/aromatic N) is 6. The molecule has 0 N–H and O–H groups in total. The first kappa shape index (κ1) is 38.4. The molecule has 0 unspecified atom stereocenters. The van der Waals surface area contributed by atoms with Gasteiger partial charge in [-0.2, -0.15) is 13.7 Å². The molecule has 1 aliphatic heterocycles. The zero-order chi connectivity index (χ0) is 40.1. The zero-order valence-corrected chi connectivity index (χ0v) is 34.9. The fourth-order valence-corrected chi connectivity index (χ4v) is 9.99. The van der Waals surface area contributed by atoms with Gasteiger partial charge in [-0.1, -0.05) is 91.0 Å². The minimum atomic E-state index is 0.982. The molecule has 3 aromatic heterocycles. The molecule has 300 valence electrons. The molecule has 0 saturated carbocycles. The van der Waals surface area contributed by atoms with Crippen molar-refractivity contribution in [3.05, 3.63) is 164 Å². The monoisotopic (exact) mass is 789 g/mol. The fourth-order valence-electron chi connectivity index (χ4n) is 9.99. The third-order valence-electron chi connectivity index (χ3n) is 13.1. The molecule has 0 radical (unpaired) electrons. The topological polar surface area (TPSA) is 21.4 Å². The summed E-state index contributed by atoms with van der Waals surface area (Å²) >= 11 is 0. The average Bonchev–Trinajstić information content (AvgIpc) is 3.30. The van der Waals surface area contributed by atoms with Crippen molar-refractivity contribution in [2.75, 3.05) is 58.9 Å². The largest absolute Gasteiger partial charge is 0.297 e. The number of fused-ring (bicyclic) bond motifs is 9. The van der Waals surface area contributed by atoms with Crippen LogP contribution in [0.15, 0.2) is 164 Å². The first-order valence-corrected chi connectivity index (χ1v) is 22.3. The number of pyridine rings is 3. The van der Waals surface area contributed by atoms with Crippen LogP contribution in [-0.2, 0) is 19.6 Å². The van der Waals surface area contributed by atoms with Crippen molar-refractivity contribution in [3.8, 4) is 0 Å². The molecular formula is C54H57N6+3. The van der Waals surface area contributed by atoms with Gasteiger partial charge in [0.15, 0.2) is 38.2 Å². The first-order chi connectivity index (χ1) is 29.7. The van der Waals surface area contributed by atoms with Crippen LogP contribution in [0, 0.1) is 0 Å². The van der Waals surface area contributed by atoms with E-state index in [9.17, 15) is 0 Å². The van der Waals surface area contributed by atoms with E-state index in [0.717, 1.165) is 78.5 Å². The number of para-hydroxylation sites is 3. The van der Waals surface area contributed by atoms with E-state index in [1.165, 1.54) is 84.3 Å². The Kier molecular flexibility index (Phi) is 11.4. The molecule has 10 rings (SSSR count). The minimum Gasteiger partial charge on any atom is -0.297 e. The van der Waals surface area contributed by atoms with Crippen molar-refractivity contribution in [1.29, 1.82) is 0 Å². The van der Waals surface area contributed by atoms with Gasteiger partial charge in [-0.15, -0.1) is 0 Å². The highest BCUT2D eigenvalue weighted by atomic mass is 15.2. The maximum atomic E-state index is 2.76. The van der Waals surface area contributed by atoms with Gasteiger partial charge in [-0.05, 0) is 94.9 Å². The van der Waals surface area contributed by atoms with Crippen molar-refractivity contribution < 1.29 is 13.7 Å². The van der Waals surface area contributed by atoms with Gasteiger partial charge >= 0.3 is 0 Å². The average molecular weight is 790 g/mol. The van der Waals surface area contributed by atoms with Crippen LogP contribution >= 0.6 is 0 Å². The molecule has 6 aromatic carbocycles. The Labute approximate surface area is 354 Å². The van der Waals surface area contributed by atoms with E-state index in [-0.39, 0.29) is 0 Å². The molecule has 0 spiro atoms. The lowest BCUT2D eigenvalue weighted by Crippen LogP contribution is -2.45. The Morgan fingerprint density at radius 2 is 0.550 bits per heavy atom. The highest BCUT2D eigenvalue weighted by Crippen LogP contribution is 2.25. The maximum absolute atomic E-state index is 2.76. The molecule has 9 aromatic rings. The predicted octanol–water partition coefficient (Wildman–Crippen LogP) is 8.96. The summed E-state index contributed by atoms with van der Waals surface area (Å²) in [6.45, 7) is 12.8. The molecule has 0 atom stereocenters. The van der Waals surface area contributed by atoms with Gasteiger partial charge < -0.3 is 0 Å². The number of rotatable bonds is 9. The van der Waals surface area contributed by atoms with E-state index in [1.54, 1.807) is 0 Å². The highest BCUT2D eigenvalue weighted by molar-refractivity contribution is 6.05. The summed E-state index contributed by atoms with van der Waals surface area (Å²) in [5.74, 6) is 0. The Bertz CT molecular complexity index is 2590. The Hall–Kier alpha value is -5.79. The van der Waals surface area contributed by atoms with Gasteiger partial charge in [0.1, 0.15) is 0 Å². The van der Waals surface area contributed by atoms with Gasteiger partial charge in [0.2, 0.25) is 16.6 Å². The Morgan fingerprint density at radius 3 is 0.850 bits per heavy atom. The normalized spacial score (nSPS) is 15.6. The third kappa shape index (κ3) is 8.20. The first-order valence-electron chi connectivity index (χ1n) is 22.3. The van der Waals surface area contributed by atoms with Crippen molar-refractivity contribution in [3.63, 3.8) is 0 Å². The maximum Gasteiger partial charge on any atom is 0.213 e. The summed E-state index contributed by atoms with van der Waals surface area (Å²) in [5, 5.41) is 11.9. The Balaban J connectivity index is 0.888. The van der Waals surface area contributed by atoms with E-state index in [4.69, 9.17) is 0 Å². The van der Waals surface area contributed by atoms with Crippen LogP contribution in [0.25, 0.3) is 65.0 Å². The lowest BCUT2D eigenvalue weighted by molar-refractivity contribution is -0.669. The van der Waals surface area contributed by atoms with Gasteiger partial charge in [-0.25, -0.2) is 0 Å². The third-order valence-corrected chi connectivity index (χ3v) is 13.1. The molecule has 6 heteroatoms. The van der Waals surface area contributed by atoms with Crippen LogP contribution < -0.4 is 13.7 Å². The molecule has 0 amide bonds. The second kappa shape index (κ2) is 17.8. The molecular weight excluding hydrogens is 733 g/mol. The number of benzene rings is 6. The van der Waals surface area contributed by atoms with Gasteiger partial charge in [-0.3, -0.25) is 14.7 Å². The van der Waals surface area contributed by atoms with Crippen LogP contribution in [0.1, 0.15) is 19.3 Å². The zero-order valence-electron chi connectivity index (χ0n) is 34.9. The lowest BCUT2D eigenvalue weighted by atomic mass is 10.1. The summed E-state index contributed by atoms with van der Waals surface area (Å²) in [5.41, 5.74) is 3.96. The van der Waals surface area contributed by atoms with E-state index in [2.05, 4.69) is 193 Å². The fraction of sp³-hybridized carbons (Fsp3) is 0.278. The van der Waals surface area contributed by atoms with Crippen molar-refractivity contribution in [1.82, 2.24) is 14.7 Å². The standard InChI is InChI=1S/C54H57N6/c1-4-19-46-43(16-1)40-58(52-25-10-7-22-49(46)52)37-34-55-28-13-30-56(35-38-59-41-44-17-2-5-20-47(44)50-23-8-11-26-53(50)59)32-15-33-57(31-14-29-55)36-39-60-42-45-18-3-6-21-48(45)51-24-9-12-27-54(51)60/h1-12,16-27,40-42H,13-15,28-39H2/q+3. The SMILES string of the molecule is c1ccc2c(c1)c[n+](CCN1CCCN(CC[n+]3cc4ccccc4c4ccccc43)CCCN(CC[n+]3cc4ccccc4c4ccccc43)CCC1)c1ccccc21. The predicted molar refractivity (Wildman–Crippen MR) is 248 cm³/mol. The number of hydrogen-bond donors (Lipinski definition) is 0. The van der Waals surface area contributed by atoms with E-state index in [1.807, 2.05) is 0 Å². The quantitative estimate of drug-likeness (QED) is 0.108. The smallest absolute Gasteiger partial charge is 0.213 e. The second-order valence-electron chi connectivity index (χ2n) is 16.9.